The first kappa shape index (κ1) is 14.8. The zero-order chi connectivity index (χ0) is 15.2. The molecule has 0 heterocycles. The number of rotatable bonds is 3. The van der Waals surface area contributed by atoms with Crippen LogP contribution in [0.5, 0.6) is 0 Å². The number of nitrogens with one attached hydrogen (secondary N) is 1. The highest BCUT2D eigenvalue weighted by molar-refractivity contribution is 5.31. The number of fused-ring (bicyclic) bond motifs is 1. The molecular formula is C16H19F4N. The molecule has 0 bridgehead atoms. The van der Waals surface area contributed by atoms with Crippen molar-refractivity contribution in [2.75, 3.05) is 7.05 Å². The zero-order valence-electron chi connectivity index (χ0n) is 11.9. The highest BCUT2D eigenvalue weighted by Gasteiger charge is 2.54. The summed E-state index contributed by atoms with van der Waals surface area (Å²) in [4.78, 5) is 0. The van der Waals surface area contributed by atoms with E-state index in [0.29, 0.717) is 23.3 Å². The Kier molecular flexibility index (Phi) is 3.72. The molecule has 0 aliphatic heterocycles. The second-order valence-corrected chi connectivity index (χ2v) is 6.19. The zero-order valence-corrected chi connectivity index (χ0v) is 11.9. The van der Waals surface area contributed by atoms with Crippen LogP contribution in [0, 0.1) is 23.6 Å². The molecule has 2 aliphatic rings. The maximum Gasteiger partial charge on any atom is 0.419 e. The summed E-state index contributed by atoms with van der Waals surface area (Å²) in [7, 11) is 1.77. The predicted molar refractivity (Wildman–Crippen MR) is 72.1 cm³/mol. The van der Waals surface area contributed by atoms with E-state index in [1.165, 1.54) is 31.7 Å². The van der Waals surface area contributed by atoms with Crippen molar-refractivity contribution in [3.63, 3.8) is 0 Å². The van der Waals surface area contributed by atoms with Crippen molar-refractivity contribution >= 4 is 0 Å². The van der Waals surface area contributed by atoms with Crippen molar-refractivity contribution in [2.45, 2.75) is 37.9 Å². The van der Waals surface area contributed by atoms with Gasteiger partial charge in [-0.1, -0.05) is 18.9 Å². The number of halogens is 4. The van der Waals surface area contributed by atoms with Gasteiger partial charge in [0.15, 0.2) is 0 Å². The summed E-state index contributed by atoms with van der Waals surface area (Å²) in [6, 6.07) is 3.28. The average Bonchev–Trinajstić information content (AvgIpc) is 3.15. The molecule has 0 radical (unpaired) electrons. The molecule has 5 heteroatoms. The summed E-state index contributed by atoms with van der Waals surface area (Å²) < 4.78 is 51.9. The number of alkyl halides is 3. The topological polar surface area (TPSA) is 12.0 Å². The summed E-state index contributed by atoms with van der Waals surface area (Å²) in [6.45, 7) is 0. The van der Waals surface area contributed by atoms with Gasteiger partial charge >= 0.3 is 6.18 Å². The van der Waals surface area contributed by atoms with Crippen LogP contribution in [0.4, 0.5) is 17.6 Å². The van der Waals surface area contributed by atoms with E-state index in [-0.39, 0.29) is 6.04 Å². The van der Waals surface area contributed by atoms with Gasteiger partial charge in [0.25, 0.3) is 0 Å². The lowest BCUT2D eigenvalue weighted by Crippen LogP contribution is -2.21. The van der Waals surface area contributed by atoms with Gasteiger partial charge < -0.3 is 5.32 Å². The Labute approximate surface area is 121 Å². The van der Waals surface area contributed by atoms with Crippen LogP contribution in [0.25, 0.3) is 0 Å². The highest BCUT2D eigenvalue weighted by Crippen LogP contribution is 2.60. The maximum atomic E-state index is 13.4. The van der Waals surface area contributed by atoms with Crippen LogP contribution in [0.3, 0.4) is 0 Å². The van der Waals surface area contributed by atoms with Crippen LogP contribution in [-0.2, 0) is 6.18 Å². The predicted octanol–water partition coefficient (Wildman–Crippen LogP) is 4.54. The Bertz CT molecular complexity index is 513. The molecule has 1 nitrogen and oxygen atoms in total. The van der Waals surface area contributed by atoms with Gasteiger partial charge in [0.2, 0.25) is 0 Å². The smallest absolute Gasteiger partial charge is 0.313 e. The molecule has 0 saturated heterocycles. The van der Waals surface area contributed by atoms with Crippen LogP contribution >= 0.6 is 0 Å². The lowest BCUT2D eigenvalue weighted by Gasteiger charge is -2.19. The monoisotopic (exact) mass is 301 g/mol. The van der Waals surface area contributed by atoms with E-state index in [0.717, 1.165) is 12.1 Å². The van der Waals surface area contributed by atoms with Gasteiger partial charge in [-0.25, -0.2) is 4.39 Å². The first-order valence-electron chi connectivity index (χ1n) is 7.47. The van der Waals surface area contributed by atoms with Gasteiger partial charge in [0.05, 0.1) is 5.56 Å². The molecule has 3 unspecified atom stereocenters. The lowest BCUT2D eigenvalue weighted by atomic mass is 9.97. The summed E-state index contributed by atoms with van der Waals surface area (Å²) in [5.41, 5.74) is -0.616. The molecule has 0 amide bonds. The molecule has 116 valence electrons. The molecule has 0 spiro atoms. The third-order valence-electron chi connectivity index (χ3n) is 5.07. The van der Waals surface area contributed by atoms with Gasteiger partial charge in [0, 0.05) is 6.04 Å². The standard InChI is InChI=1S/C16H19F4N/c1-21-15(14-10-4-2-3-5-11(10)14)9-6-7-13(17)12(8-9)16(18,19)20/h6-8,10-11,14-15,21H,2-5H2,1H3. The van der Waals surface area contributed by atoms with E-state index < -0.39 is 17.6 Å². The van der Waals surface area contributed by atoms with Gasteiger partial charge in [0.1, 0.15) is 5.82 Å². The fourth-order valence-electron chi connectivity index (χ4n) is 4.08. The van der Waals surface area contributed by atoms with Crippen molar-refractivity contribution in [1.82, 2.24) is 5.32 Å². The van der Waals surface area contributed by atoms with E-state index in [1.807, 2.05) is 0 Å². The van der Waals surface area contributed by atoms with Crippen molar-refractivity contribution < 1.29 is 17.6 Å². The van der Waals surface area contributed by atoms with Crippen molar-refractivity contribution in [2.24, 2.45) is 17.8 Å². The van der Waals surface area contributed by atoms with Crippen LogP contribution in [0.2, 0.25) is 0 Å². The normalized spacial score (nSPS) is 29.9. The molecule has 21 heavy (non-hydrogen) atoms. The van der Waals surface area contributed by atoms with Gasteiger partial charge in [-0.05, 0) is 55.3 Å². The summed E-state index contributed by atoms with van der Waals surface area (Å²) in [6.07, 6.45) is 0.118. The van der Waals surface area contributed by atoms with Crippen LogP contribution in [0.1, 0.15) is 42.9 Å². The molecule has 3 rings (SSSR count). The van der Waals surface area contributed by atoms with Gasteiger partial charge in [-0.3, -0.25) is 0 Å². The van der Waals surface area contributed by atoms with Crippen LogP contribution in [0.15, 0.2) is 18.2 Å². The average molecular weight is 301 g/mol. The van der Waals surface area contributed by atoms with E-state index >= 15 is 0 Å². The lowest BCUT2D eigenvalue weighted by molar-refractivity contribution is -0.140. The third-order valence-corrected chi connectivity index (χ3v) is 5.07. The Morgan fingerprint density at radius 2 is 1.76 bits per heavy atom. The van der Waals surface area contributed by atoms with E-state index in [2.05, 4.69) is 5.32 Å². The quantitative estimate of drug-likeness (QED) is 0.808. The first-order chi connectivity index (χ1) is 9.93. The minimum Gasteiger partial charge on any atom is -0.313 e. The molecule has 3 atom stereocenters. The SMILES string of the molecule is CNC(c1ccc(F)c(C(F)(F)F)c1)C1C2CCCCC21. The fourth-order valence-corrected chi connectivity index (χ4v) is 4.08. The van der Waals surface area contributed by atoms with Crippen LogP contribution < -0.4 is 5.32 Å². The summed E-state index contributed by atoms with van der Waals surface area (Å²) >= 11 is 0. The number of hydrogen-bond acceptors (Lipinski definition) is 1. The van der Waals surface area contributed by atoms with E-state index in [4.69, 9.17) is 0 Å². The number of hydrogen-bond donors (Lipinski definition) is 1. The van der Waals surface area contributed by atoms with Crippen LogP contribution in [-0.4, -0.2) is 7.05 Å². The Morgan fingerprint density at radius 1 is 1.14 bits per heavy atom. The van der Waals surface area contributed by atoms with Gasteiger partial charge in [-0.2, -0.15) is 13.2 Å². The highest BCUT2D eigenvalue weighted by atomic mass is 19.4. The second kappa shape index (κ2) is 5.27. The Hall–Kier alpha value is -1.10. The van der Waals surface area contributed by atoms with Crippen molar-refractivity contribution in [3.8, 4) is 0 Å². The molecule has 1 aromatic carbocycles. The molecule has 1 aromatic rings. The third kappa shape index (κ3) is 2.68. The number of benzene rings is 1. The van der Waals surface area contributed by atoms with Crippen molar-refractivity contribution in [3.05, 3.63) is 35.1 Å². The molecule has 1 N–H and O–H groups in total. The summed E-state index contributed by atoms with van der Waals surface area (Å²) in [5.74, 6) is 0.435. The first-order valence-corrected chi connectivity index (χ1v) is 7.47. The largest absolute Gasteiger partial charge is 0.419 e. The summed E-state index contributed by atoms with van der Waals surface area (Å²) in [5, 5.41) is 3.15. The minimum absolute atomic E-state index is 0.111. The molecule has 2 aliphatic carbocycles. The minimum atomic E-state index is -4.64. The van der Waals surface area contributed by atoms with E-state index in [1.54, 1.807) is 7.05 Å². The molecule has 2 saturated carbocycles. The van der Waals surface area contributed by atoms with E-state index in [9.17, 15) is 17.6 Å². The molecular weight excluding hydrogens is 282 g/mol. The fraction of sp³-hybridized carbons (Fsp3) is 0.625. The Balaban J connectivity index is 1.88. The Morgan fingerprint density at radius 3 is 2.29 bits per heavy atom. The second-order valence-electron chi connectivity index (χ2n) is 6.19. The maximum absolute atomic E-state index is 13.4. The molecule has 0 aromatic heterocycles. The van der Waals surface area contributed by atoms with Crippen molar-refractivity contribution in [1.29, 1.82) is 0 Å². The molecule has 2 fully saturated rings. The van der Waals surface area contributed by atoms with Gasteiger partial charge in [-0.15, -0.1) is 0 Å².